The number of nitrogens with zero attached hydrogens (tertiary/aromatic N) is 1. The van der Waals surface area contributed by atoms with E-state index in [1.54, 1.807) is 12.1 Å². The Morgan fingerprint density at radius 2 is 2.00 bits per heavy atom. The third-order valence-electron chi connectivity index (χ3n) is 6.39. The second-order valence-corrected chi connectivity index (χ2v) is 9.17. The van der Waals surface area contributed by atoms with Gasteiger partial charge in [0.05, 0.1) is 10.9 Å². The van der Waals surface area contributed by atoms with Crippen LogP contribution in [0.1, 0.15) is 43.0 Å². The lowest BCUT2D eigenvalue weighted by Gasteiger charge is -2.19. The van der Waals surface area contributed by atoms with Crippen LogP contribution in [0.5, 0.6) is 5.75 Å². The van der Waals surface area contributed by atoms with E-state index >= 15 is 0 Å². The highest BCUT2D eigenvalue weighted by Crippen LogP contribution is 2.45. The zero-order chi connectivity index (χ0) is 22.1. The fourth-order valence-electron chi connectivity index (χ4n) is 4.71. The number of hydrogen-bond donors (Lipinski definition) is 2. The van der Waals surface area contributed by atoms with Crippen molar-refractivity contribution in [3.63, 3.8) is 0 Å². The quantitative estimate of drug-likeness (QED) is 0.469. The number of benzene rings is 2. The summed E-state index contributed by atoms with van der Waals surface area (Å²) < 4.78 is 36.8. The first-order valence-electron chi connectivity index (χ1n) is 10.5. The number of fused-ring (bicyclic) bond motifs is 3. The molecule has 1 aliphatic heterocycles. The fraction of sp³-hybridized carbons (Fsp3) is 0.304. The van der Waals surface area contributed by atoms with Crippen molar-refractivity contribution in [3.05, 3.63) is 62.0 Å². The maximum absolute atomic E-state index is 13.6. The Balaban J connectivity index is 1.72. The first-order valence-corrected chi connectivity index (χ1v) is 11.3. The minimum Gasteiger partial charge on any atom is -0.432 e. The van der Waals surface area contributed by atoms with Crippen molar-refractivity contribution in [2.75, 3.05) is 0 Å². The number of aromatic amines is 1. The van der Waals surface area contributed by atoms with Crippen LogP contribution in [0.15, 0.2) is 39.9 Å². The molecule has 9 heteroatoms. The summed E-state index contributed by atoms with van der Waals surface area (Å²) >= 11 is 1.06. The van der Waals surface area contributed by atoms with Gasteiger partial charge in [0.15, 0.2) is 5.75 Å². The fourth-order valence-corrected chi connectivity index (χ4v) is 5.63. The van der Waals surface area contributed by atoms with Gasteiger partial charge in [-0.3, -0.25) is 14.0 Å². The van der Waals surface area contributed by atoms with Gasteiger partial charge in [0, 0.05) is 24.2 Å². The molecule has 4 aromatic rings. The molecule has 0 spiro atoms. The van der Waals surface area contributed by atoms with Crippen LogP contribution in [0.2, 0.25) is 0 Å². The zero-order valence-corrected chi connectivity index (χ0v) is 17.9. The summed E-state index contributed by atoms with van der Waals surface area (Å²) in [6, 6.07) is 9.33. The molecule has 2 aliphatic rings. The number of nitrogens with one attached hydrogen (secondary N) is 2. The topological polar surface area (TPSA) is 76.1 Å². The average molecular weight is 455 g/mol. The Morgan fingerprint density at radius 1 is 1.19 bits per heavy atom. The van der Waals surface area contributed by atoms with E-state index in [0.717, 1.165) is 42.0 Å². The van der Waals surface area contributed by atoms with Gasteiger partial charge in [-0.2, -0.15) is 8.78 Å². The van der Waals surface area contributed by atoms with E-state index in [0.29, 0.717) is 15.9 Å². The van der Waals surface area contributed by atoms with Crippen LogP contribution in [0, 0.1) is 0 Å². The van der Waals surface area contributed by atoms with Crippen molar-refractivity contribution < 1.29 is 13.5 Å². The lowest BCUT2D eigenvalue weighted by atomic mass is 9.96. The van der Waals surface area contributed by atoms with E-state index in [9.17, 15) is 18.4 Å². The van der Waals surface area contributed by atoms with E-state index in [2.05, 4.69) is 16.6 Å². The second-order valence-electron chi connectivity index (χ2n) is 8.38. The van der Waals surface area contributed by atoms with E-state index < -0.39 is 17.6 Å². The van der Waals surface area contributed by atoms with Crippen LogP contribution in [-0.4, -0.2) is 15.6 Å². The largest absolute Gasteiger partial charge is 0.432 e. The number of ether oxygens (including phenoxy) is 1. The van der Waals surface area contributed by atoms with Crippen LogP contribution in [0.4, 0.5) is 8.78 Å². The SMILES string of the molecule is C[C@H]1NCc2ccc(-c3ccc4c(=O)c5c(=O)[nH]sc5n(C5CC5)c4c3OC(F)F)cc21. The Labute approximate surface area is 184 Å². The van der Waals surface area contributed by atoms with E-state index in [1.807, 2.05) is 22.8 Å². The van der Waals surface area contributed by atoms with Gasteiger partial charge in [-0.05, 0) is 66.2 Å². The first kappa shape index (κ1) is 19.6. The maximum atomic E-state index is 13.6. The van der Waals surface area contributed by atoms with Gasteiger partial charge in [-0.25, -0.2) is 0 Å². The monoisotopic (exact) mass is 455 g/mol. The number of rotatable bonds is 4. The molecule has 164 valence electrons. The van der Waals surface area contributed by atoms with Crippen molar-refractivity contribution in [3.8, 4) is 16.9 Å². The molecular formula is C23H19F2N3O3S. The van der Waals surface area contributed by atoms with Crippen LogP contribution < -0.4 is 21.0 Å². The number of aromatic nitrogens is 2. The van der Waals surface area contributed by atoms with Crippen molar-refractivity contribution in [2.45, 2.75) is 45.0 Å². The van der Waals surface area contributed by atoms with Crippen LogP contribution in [-0.2, 0) is 6.54 Å². The Hall–Kier alpha value is -3.04. The maximum Gasteiger partial charge on any atom is 0.387 e. The van der Waals surface area contributed by atoms with Crippen molar-refractivity contribution >= 4 is 32.7 Å². The number of pyridine rings is 1. The van der Waals surface area contributed by atoms with Gasteiger partial charge in [-0.15, -0.1) is 0 Å². The van der Waals surface area contributed by atoms with Gasteiger partial charge >= 0.3 is 6.61 Å². The summed E-state index contributed by atoms with van der Waals surface area (Å²) in [7, 11) is 0. The lowest BCUT2D eigenvalue weighted by molar-refractivity contribution is -0.0486. The molecule has 6 rings (SSSR count). The van der Waals surface area contributed by atoms with Gasteiger partial charge in [0.25, 0.3) is 5.56 Å². The van der Waals surface area contributed by atoms with Gasteiger partial charge < -0.3 is 14.6 Å². The predicted molar refractivity (Wildman–Crippen MR) is 120 cm³/mol. The summed E-state index contributed by atoms with van der Waals surface area (Å²) in [6.45, 7) is -0.236. The molecule has 2 aromatic carbocycles. The average Bonchev–Trinajstić information content (AvgIpc) is 3.44. The van der Waals surface area contributed by atoms with Crippen molar-refractivity contribution in [2.24, 2.45) is 0 Å². The molecule has 32 heavy (non-hydrogen) atoms. The third kappa shape index (κ3) is 2.84. The molecule has 1 saturated carbocycles. The van der Waals surface area contributed by atoms with Gasteiger partial charge in [0.2, 0.25) is 5.43 Å². The highest BCUT2D eigenvalue weighted by molar-refractivity contribution is 7.12. The Kier molecular flexibility index (Phi) is 4.28. The third-order valence-corrected chi connectivity index (χ3v) is 7.27. The minimum absolute atomic E-state index is 0.0252. The number of H-pyrrole nitrogens is 1. The van der Waals surface area contributed by atoms with E-state index in [4.69, 9.17) is 4.74 Å². The molecule has 1 fully saturated rings. The molecule has 1 aliphatic carbocycles. The predicted octanol–water partition coefficient (Wildman–Crippen LogP) is 4.67. The van der Waals surface area contributed by atoms with E-state index in [1.165, 1.54) is 5.56 Å². The summed E-state index contributed by atoms with van der Waals surface area (Å²) in [5.41, 5.74) is 2.93. The highest BCUT2D eigenvalue weighted by atomic mass is 32.1. The summed E-state index contributed by atoms with van der Waals surface area (Å²) in [4.78, 5) is 26.0. The summed E-state index contributed by atoms with van der Waals surface area (Å²) in [5.74, 6) is -0.0252. The summed E-state index contributed by atoms with van der Waals surface area (Å²) in [6.07, 6.45) is 1.69. The van der Waals surface area contributed by atoms with E-state index in [-0.39, 0.29) is 28.6 Å². The molecule has 0 saturated heterocycles. The zero-order valence-electron chi connectivity index (χ0n) is 17.1. The smallest absolute Gasteiger partial charge is 0.387 e. The normalized spacial score (nSPS) is 18.1. The Bertz CT molecular complexity index is 1520. The molecular weight excluding hydrogens is 436 g/mol. The molecule has 1 atom stereocenters. The molecule has 6 nitrogen and oxygen atoms in total. The molecule has 0 unspecified atom stereocenters. The highest BCUT2D eigenvalue weighted by Gasteiger charge is 2.31. The van der Waals surface area contributed by atoms with Crippen LogP contribution in [0.25, 0.3) is 32.2 Å². The van der Waals surface area contributed by atoms with Crippen LogP contribution in [0.3, 0.4) is 0 Å². The van der Waals surface area contributed by atoms with Crippen LogP contribution >= 0.6 is 11.5 Å². The van der Waals surface area contributed by atoms with Gasteiger partial charge in [0.1, 0.15) is 10.2 Å². The van der Waals surface area contributed by atoms with Gasteiger partial charge in [-0.1, -0.05) is 12.1 Å². The molecule has 0 amide bonds. The number of alkyl halides is 2. The molecule has 0 radical (unpaired) electrons. The molecule has 2 N–H and O–H groups in total. The molecule has 0 bridgehead atoms. The van der Waals surface area contributed by atoms with Crippen molar-refractivity contribution in [1.29, 1.82) is 0 Å². The first-order chi connectivity index (χ1) is 15.4. The lowest BCUT2D eigenvalue weighted by Crippen LogP contribution is -2.16. The summed E-state index contributed by atoms with van der Waals surface area (Å²) in [5, 5.41) is 3.66. The molecule has 2 aromatic heterocycles. The standard InChI is InChI=1S/C23H19F2N3O3S/c1-10-16-8-11(2-3-12(16)9-26-10)14-6-7-15-18(20(14)31-23(24)25)28(13-4-5-13)22-17(19(15)29)21(30)27-32-22/h2-3,6-8,10,13,23,26H,4-5,9H2,1H3,(H,27,30)/t10-/m1/s1. The number of halogens is 2. The Morgan fingerprint density at radius 3 is 2.75 bits per heavy atom. The second kappa shape index (κ2) is 6.98. The molecule has 3 heterocycles. The number of hydrogen-bond acceptors (Lipinski definition) is 5. The minimum atomic E-state index is -3.06. The van der Waals surface area contributed by atoms with Crippen molar-refractivity contribution in [1.82, 2.24) is 14.3 Å².